The minimum absolute atomic E-state index is 0.794. The summed E-state index contributed by atoms with van der Waals surface area (Å²) in [5.41, 5.74) is 2.61. The summed E-state index contributed by atoms with van der Waals surface area (Å²) in [6.07, 6.45) is 1.08. The van der Waals surface area contributed by atoms with Crippen molar-refractivity contribution in [1.82, 2.24) is 4.90 Å². The van der Waals surface area contributed by atoms with E-state index in [-0.39, 0.29) is 0 Å². The van der Waals surface area contributed by atoms with Crippen LogP contribution in [0.25, 0.3) is 0 Å². The maximum absolute atomic E-state index is 5.81. The molecule has 0 aliphatic carbocycles. The monoisotopic (exact) mass is 310 g/mol. The molecule has 0 N–H and O–H groups in total. The number of anilines is 1. The van der Waals surface area contributed by atoms with E-state index in [9.17, 15) is 0 Å². The predicted octanol–water partition coefficient (Wildman–Crippen LogP) is 3.59. The first-order valence-electron chi connectivity index (χ1n) is 8.53. The number of nitrogens with zero attached hydrogens (tertiary/aromatic N) is 2. The molecule has 1 aliphatic rings. The Morgan fingerprint density at radius 1 is 0.870 bits per heavy atom. The third-order valence-electron chi connectivity index (χ3n) is 4.40. The molecule has 1 fully saturated rings. The first-order valence-corrected chi connectivity index (χ1v) is 8.53. The van der Waals surface area contributed by atoms with E-state index >= 15 is 0 Å². The highest BCUT2D eigenvalue weighted by atomic mass is 16.5. The summed E-state index contributed by atoms with van der Waals surface area (Å²) in [5.74, 6) is 0.976. The van der Waals surface area contributed by atoms with Gasteiger partial charge in [0.05, 0.1) is 6.61 Å². The molecule has 0 aromatic heterocycles. The zero-order valence-corrected chi connectivity index (χ0v) is 13.9. The normalized spacial score (nSPS) is 15.6. The van der Waals surface area contributed by atoms with Crippen molar-refractivity contribution in [2.45, 2.75) is 13.3 Å². The van der Waals surface area contributed by atoms with Crippen molar-refractivity contribution in [2.75, 3.05) is 44.2 Å². The molecule has 3 nitrogen and oxygen atoms in total. The Hall–Kier alpha value is -2.00. The van der Waals surface area contributed by atoms with Crippen molar-refractivity contribution in [2.24, 2.45) is 0 Å². The van der Waals surface area contributed by atoms with E-state index in [2.05, 4.69) is 59.2 Å². The van der Waals surface area contributed by atoms with E-state index in [1.807, 2.05) is 12.1 Å². The molecular formula is C20H26N2O. The Balaban J connectivity index is 1.34. The molecule has 0 radical (unpaired) electrons. The van der Waals surface area contributed by atoms with Crippen molar-refractivity contribution in [3.8, 4) is 5.75 Å². The molecule has 2 aromatic carbocycles. The van der Waals surface area contributed by atoms with Crippen LogP contribution in [0, 0.1) is 6.92 Å². The summed E-state index contributed by atoms with van der Waals surface area (Å²) in [6.45, 7) is 8.51. The van der Waals surface area contributed by atoms with Gasteiger partial charge in [0.15, 0.2) is 0 Å². The van der Waals surface area contributed by atoms with Crippen LogP contribution in [0.2, 0.25) is 0 Å². The fraction of sp³-hybridized carbons (Fsp3) is 0.400. The van der Waals surface area contributed by atoms with Crippen LogP contribution in [0.4, 0.5) is 5.69 Å². The van der Waals surface area contributed by atoms with E-state index < -0.39 is 0 Å². The summed E-state index contributed by atoms with van der Waals surface area (Å²) in [5, 5.41) is 0. The zero-order valence-electron chi connectivity index (χ0n) is 13.9. The smallest absolute Gasteiger partial charge is 0.119 e. The second-order valence-electron chi connectivity index (χ2n) is 6.18. The molecule has 1 aliphatic heterocycles. The van der Waals surface area contributed by atoms with Gasteiger partial charge in [0.2, 0.25) is 0 Å². The minimum atomic E-state index is 0.794. The molecule has 0 saturated carbocycles. The molecule has 23 heavy (non-hydrogen) atoms. The minimum Gasteiger partial charge on any atom is -0.494 e. The SMILES string of the molecule is Cc1ccc(OCCCN2CCN(c3ccccc3)CC2)cc1. The molecule has 2 aromatic rings. The molecule has 0 amide bonds. The van der Waals surface area contributed by atoms with Crippen LogP contribution in [-0.2, 0) is 0 Å². The lowest BCUT2D eigenvalue weighted by Crippen LogP contribution is -2.46. The van der Waals surface area contributed by atoms with Gasteiger partial charge in [-0.25, -0.2) is 0 Å². The second-order valence-corrected chi connectivity index (χ2v) is 6.18. The van der Waals surface area contributed by atoms with Gasteiger partial charge < -0.3 is 9.64 Å². The number of benzene rings is 2. The lowest BCUT2D eigenvalue weighted by atomic mass is 10.2. The van der Waals surface area contributed by atoms with Crippen molar-refractivity contribution in [1.29, 1.82) is 0 Å². The lowest BCUT2D eigenvalue weighted by molar-refractivity contribution is 0.224. The van der Waals surface area contributed by atoms with Gasteiger partial charge >= 0.3 is 0 Å². The quantitative estimate of drug-likeness (QED) is 0.758. The molecule has 0 atom stereocenters. The molecule has 3 heteroatoms. The number of hydrogen-bond donors (Lipinski definition) is 0. The molecule has 0 spiro atoms. The largest absolute Gasteiger partial charge is 0.494 e. The van der Waals surface area contributed by atoms with Gasteiger partial charge in [-0.15, -0.1) is 0 Å². The second kappa shape index (κ2) is 8.02. The van der Waals surface area contributed by atoms with Crippen LogP contribution in [0.1, 0.15) is 12.0 Å². The average molecular weight is 310 g/mol. The Morgan fingerprint density at radius 2 is 1.57 bits per heavy atom. The molecule has 1 saturated heterocycles. The lowest BCUT2D eigenvalue weighted by Gasteiger charge is -2.36. The van der Waals surface area contributed by atoms with Gasteiger partial charge in [-0.1, -0.05) is 35.9 Å². The van der Waals surface area contributed by atoms with Crippen molar-refractivity contribution < 1.29 is 4.74 Å². The number of aryl methyl sites for hydroxylation is 1. The Labute approximate surface area is 139 Å². The van der Waals surface area contributed by atoms with Gasteiger partial charge in [0.1, 0.15) is 5.75 Å². The van der Waals surface area contributed by atoms with Gasteiger partial charge in [-0.2, -0.15) is 0 Å². The highest BCUT2D eigenvalue weighted by molar-refractivity contribution is 5.46. The molecular weight excluding hydrogens is 284 g/mol. The molecule has 1 heterocycles. The highest BCUT2D eigenvalue weighted by Gasteiger charge is 2.16. The number of ether oxygens (including phenoxy) is 1. The fourth-order valence-corrected chi connectivity index (χ4v) is 2.98. The van der Waals surface area contributed by atoms with Crippen LogP contribution in [-0.4, -0.2) is 44.2 Å². The van der Waals surface area contributed by atoms with Crippen molar-refractivity contribution in [3.63, 3.8) is 0 Å². The standard InChI is InChI=1S/C20H26N2O/c1-18-8-10-20(11-9-18)23-17-5-12-21-13-15-22(16-14-21)19-6-3-2-4-7-19/h2-4,6-11H,5,12-17H2,1H3. The molecule has 122 valence electrons. The third-order valence-corrected chi connectivity index (χ3v) is 4.40. The average Bonchev–Trinajstić information content (AvgIpc) is 2.62. The molecule has 3 rings (SSSR count). The van der Waals surface area contributed by atoms with Gasteiger partial charge in [-0.05, 0) is 37.6 Å². The number of piperazine rings is 1. The Morgan fingerprint density at radius 3 is 2.26 bits per heavy atom. The Bertz CT molecular complexity index is 574. The van der Waals surface area contributed by atoms with Crippen LogP contribution in [0.5, 0.6) is 5.75 Å². The first-order chi connectivity index (χ1) is 11.3. The summed E-state index contributed by atoms with van der Waals surface area (Å²) in [4.78, 5) is 5.01. The zero-order chi connectivity index (χ0) is 15.9. The maximum atomic E-state index is 5.81. The highest BCUT2D eigenvalue weighted by Crippen LogP contribution is 2.16. The van der Waals surface area contributed by atoms with Crippen LogP contribution in [0.3, 0.4) is 0 Å². The van der Waals surface area contributed by atoms with Gasteiger partial charge in [0.25, 0.3) is 0 Å². The van der Waals surface area contributed by atoms with E-state index in [0.717, 1.165) is 51.5 Å². The summed E-state index contributed by atoms with van der Waals surface area (Å²) in [7, 11) is 0. The van der Waals surface area contributed by atoms with E-state index in [4.69, 9.17) is 4.74 Å². The molecule has 0 unspecified atom stereocenters. The van der Waals surface area contributed by atoms with E-state index in [1.54, 1.807) is 0 Å². The summed E-state index contributed by atoms with van der Waals surface area (Å²) < 4.78 is 5.81. The number of para-hydroxylation sites is 1. The molecule has 0 bridgehead atoms. The van der Waals surface area contributed by atoms with Crippen LogP contribution in [0.15, 0.2) is 54.6 Å². The van der Waals surface area contributed by atoms with E-state index in [1.165, 1.54) is 11.3 Å². The topological polar surface area (TPSA) is 15.7 Å². The maximum Gasteiger partial charge on any atom is 0.119 e. The summed E-state index contributed by atoms with van der Waals surface area (Å²) in [6, 6.07) is 19.0. The fourth-order valence-electron chi connectivity index (χ4n) is 2.98. The first kappa shape index (κ1) is 15.9. The van der Waals surface area contributed by atoms with Gasteiger partial charge in [-0.3, -0.25) is 4.90 Å². The van der Waals surface area contributed by atoms with Crippen molar-refractivity contribution in [3.05, 3.63) is 60.2 Å². The van der Waals surface area contributed by atoms with Crippen LogP contribution >= 0.6 is 0 Å². The number of hydrogen-bond acceptors (Lipinski definition) is 3. The predicted molar refractivity (Wildman–Crippen MR) is 96.4 cm³/mol. The van der Waals surface area contributed by atoms with Crippen molar-refractivity contribution >= 4 is 5.69 Å². The summed E-state index contributed by atoms with van der Waals surface area (Å²) >= 11 is 0. The van der Waals surface area contributed by atoms with Gasteiger partial charge in [0, 0.05) is 38.4 Å². The number of rotatable bonds is 6. The van der Waals surface area contributed by atoms with E-state index in [0.29, 0.717) is 0 Å². The van der Waals surface area contributed by atoms with Crippen LogP contribution < -0.4 is 9.64 Å². The third kappa shape index (κ3) is 4.73. The Kier molecular flexibility index (Phi) is 5.54.